The van der Waals surface area contributed by atoms with Crippen LogP contribution < -0.4 is 5.73 Å². The lowest BCUT2D eigenvalue weighted by Gasteiger charge is -2.24. The molecule has 3 rings (SSSR count). The first-order valence-corrected chi connectivity index (χ1v) is 6.90. The highest BCUT2D eigenvalue weighted by atomic mass is 14.8. The summed E-state index contributed by atoms with van der Waals surface area (Å²) in [5.74, 6) is 2.85. The van der Waals surface area contributed by atoms with Crippen LogP contribution in [-0.2, 0) is 0 Å². The second-order valence-corrected chi connectivity index (χ2v) is 6.04. The van der Waals surface area contributed by atoms with Crippen molar-refractivity contribution in [1.29, 1.82) is 0 Å². The third-order valence-corrected chi connectivity index (χ3v) is 4.76. The third-order valence-electron chi connectivity index (χ3n) is 4.76. The zero-order chi connectivity index (χ0) is 11.8. The topological polar surface area (TPSA) is 38.9 Å². The number of rotatable bonds is 3. The molecular formula is C15H22N2. The molecule has 0 aliphatic heterocycles. The van der Waals surface area contributed by atoms with Gasteiger partial charge in [0.1, 0.15) is 0 Å². The molecule has 1 aromatic heterocycles. The summed E-state index contributed by atoms with van der Waals surface area (Å²) in [6.45, 7) is 2.11. The lowest BCUT2D eigenvalue weighted by molar-refractivity contribution is 0.294. The molecule has 2 fully saturated rings. The number of hydrogen-bond acceptors (Lipinski definition) is 2. The number of pyridine rings is 1. The Bertz CT molecular complexity index is 402. The molecule has 2 saturated carbocycles. The van der Waals surface area contributed by atoms with E-state index >= 15 is 0 Å². The molecule has 0 saturated heterocycles. The van der Waals surface area contributed by atoms with Gasteiger partial charge in [-0.2, -0.15) is 0 Å². The molecule has 1 aromatic rings. The van der Waals surface area contributed by atoms with E-state index in [1.54, 1.807) is 0 Å². The van der Waals surface area contributed by atoms with Gasteiger partial charge in [-0.3, -0.25) is 4.98 Å². The third kappa shape index (κ3) is 2.23. The molecule has 92 valence electrons. The number of nitrogens with zero attached hydrogens (tertiary/aromatic N) is 1. The van der Waals surface area contributed by atoms with Gasteiger partial charge < -0.3 is 5.73 Å². The maximum atomic E-state index is 6.31. The van der Waals surface area contributed by atoms with Gasteiger partial charge in [0.25, 0.3) is 0 Å². The maximum Gasteiger partial charge on any atom is 0.0573 e. The smallest absolute Gasteiger partial charge is 0.0573 e. The number of hydrogen-bond donors (Lipinski definition) is 1. The minimum atomic E-state index is 0.138. The summed E-state index contributed by atoms with van der Waals surface area (Å²) in [6.07, 6.45) is 8.83. The van der Waals surface area contributed by atoms with Crippen LogP contribution in [0.15, 0.2) is 18.3 Å². The molecule has 2 aliphatic carbocycles. The molecule has 0 aromatic carbocycles. The first-order chi connectivity index (χ1) is 8.22. The van der Waals surface area contributed by atoms with Crippen LogP contribution in [0.4, 0.5) is 0 Å². The van der Waals surface area contributed by atoms with Crippen LogP contribution in [0.3, 0.4) is 0 Å². The minimum Gasteiger partial charge on any atom is -0.323 e. The summed E-state index contributed by atoms with van der Waals surface area (Å²) in [5, 5.41) is 0. The van der Waals surface area contributed by atoms with Gasteiger partial charge in [-0.15, -0.1) is 0 Å². The fourth-order valence-electron chi connectivity index (χ4n) is 3.87. The molecule has 2 heteroatoms. The van der Waals surface area contributed by atoms with Crippen molar-refractivity contribution in [3.05, 3.63) is 29.6 Å². The van der Waals surface area contributed by atoms with Crippen LogP contribution in [0.5, 0.6) is 0 Å². The molecule has 4 atom stereocenters. The van der Waals surface area contributed by atoms with E-state index in [0.29, 0.717) is 0 Å². The Balaban J connectivity index is 1.65. The van der Waals surface area contributed by atoms with Gasteiger partial charge in [-0.05, 0) is 68.1 Å². The van der Waals surface area contributed by atoms with E-state index in [9.17, 15) is 0 Å². The zero-order valence-corrected chi connectivity index (χ0v) is 10.6. The van der Waals surface area contributed by atoms with Crippen molar-refractivity contribution in [3.8, 4) is 0 Å². The second kappa shape index (κ2) is 4.41. The highest BCUT2D eigenvalue weighted by Gasteiger charge is 2.39. The van der Waals surface area contributed by atoms with Crippen LogP contribution in [0, 0.1) is 24.7 Å². The SMILES string of the molecule is Cc1ccnc(C(N)CC2CC3CCC2C3)c1. The lowest BCUT2D eigenvalue weighted by Crippen LogP contribution is -2.20. The first kappa shape index (κ1) is 11.2. The van der Waals surface area contributed by atoms with Crippen molar-refractivity contribution in [3.63, 3.8) is 0 Å². The predicted molar refractivity (Wildman–Crippen MR) is 69.5 cm³/mol. The predicted octanol–water partition coefficient (Wildman–Crippen LogP) is 3.22. The summed E-state index contributed by atoms with van der Waals surface area (Å²) < 4.78 is 0. The summed E-state index contributed by atoms with van der Waals surface area (Å²) in [4.78, 5) is 4.42. The fourth-order valence-corrected chi connectivity index (χ4v) is 3.87. The molecule has 2 nitrogen and oxygen atoms in total. The van der Waals surface area contributed by atoms with Gasteiger partial charge in [0, 0.05) is 12.2 Å². The van der Waals surface area contributed by atoms with Crippen molar-refractivity contribution in [2.75, 3.05) is 0 Å². The van der Waals surface area contributed by atoms with Crippen molar-refractivity contribution >= 4 is 0 Å². The Kier molecular flexibility index (Phi) is 2.91. The van der Waals surface area contributed by atoms with E-state index in [2.05, 4.69) is 18.0 Å². The molecule has 2 N–H and O–H groups in total. The van der Waals surface area contributed by atoms with Gasteiger partial charge in [-0.1, -0.05) is 6.42 Å². The van der Waals surface area contributed by atoms with E-state index in [4.69, 9.17) is 5.73 Å². The second-order valence-electron chi connectivity index (χ2n) is 6.04. The Morgan fingerprint density at radius 2 is 2.29 bits per heavy atom. The lowest BCUT2D eigenvalue weighted by atomic mass is 9.83. The largest absolute Gasteiger partial charge is 0.323 e. The summed E-state index contributed by atoms with van der Waals surface area (Å²) in [6, 6.07) is 4.31. The highest BCUT2D eigenvalue weighted by molar-refractivity contribution is 5.17. The van der Waals surface area contributed by atoms with Crippen LogP contribution in [0.1, 0.15) is 49.4 Å². The Hall–Kier alpha value is -0.890. The Labute approximate surface area is 104 Å². The molecule has 0 radical (unpaired) electrons. The van der Waals surface area contributed by atoms with E-state index in [1.807, 2.05) is 12.3 Å². The first-order valence-electron chi connectivity index (χ1n) is 6.90. The average Bonchev–Trinajstić information content (AvgIpc) is 2.91. The molecule has 1 heterocycles. The van der Waals surface area contributed by atoms with E-state index < -0.39 is 0 Å². The number of fused-ring (bicyclic) bond motifs is 2. The standard InChI is InChI=1S/C15H22N2/c1-10-4-5-17-15(6-10)14(16)9-13-8-11-2-3-12(13)7-11/h4-6,11-14H,2-3,7-9,16H2,1H3. The normalized spacial score (nSPS) is 32.9. The van der Waals surface area contributed by atoms with Crippen LogP contribution in [0.25, 0.3) is 0 Å². The molecule has 0 amide bonds. The van der Waals surface area contributed by atoms with Crippen molar-refractivity contribution in [2.24, 2.45) is 23.5 Å². The average molecular weight is 230 g/mol. The van der Waals surface area contributed by atoms with Gasteiger partial charge in [-0.25, -0.2) is 0 Å². The molecule has 4 unspecified atom stereocenters. The summed E-state index contributed by atoms with van der Waals surface area (Å²) >= 11 is 0. The van der Waals surface area contributed by atoms with Crippen molar-refractivity contribution < 1.29 is 0 Å². The van der Waals surface area contributed by atoms with Gasteiger partial charge in [0.2, 0.25) is 0 Å². The molecular weight excluding hydrogens is 208 g/mol. The maximum absolute atomic E-state index is 6.31. The monoisotopic (exact) mass is 230 g/mol. The molecule has 2 aliphatic rings. The molecule has 2 bridgehead atoms. The van der Waals surface area contributed by atoms with Gasteiger partial charge in [0.05, 0.1) is 5.69 Å². The number of aromatic nitrogens is 1. The summed E-state index contributed by atoms with van der Waals surface area (Å²) in [7, 11) is 0. The van der Waals surface area contributed by atoms with E-state index in [0.717, 1.165) is 29.9 Å². The van der Waals surface area contributed by atoms with E-state index in [1.165, 1.54) is 31.2 Å². The molecule has 17 heavy (non-hydrogen) atoms. The quantitative estimate of drug-likeness (QED) is 0.866. The van der Waals surface area contributed by atoms with Crippen LogP contribution >= 0.6 is 0 Å². The Morgan fingerprint density at radius 3 is 2.94 bits per heavy atom. The van der Waals surface area contributed by atoms with Gasteiger partial charge >= 0.3 is 0 Å². The van der Waals surface area contributed by atoms with Crippen LogP contribution in [-0.4, -0.2) is 4.98 Å². The highest BCUT2D eigenvalue weighted by Crippen LogP contribution is 2.50. The van der Waals surface area contributed by atoms with Gasteiger partial charge in [0.15, 0.2) is 0 Å². The van der Waals surface area contributed by atoms with Crippen LogP contribution in [0.2, 0.25) is 0 Å². The Morgan fingerprint density at radius 1 is 1.41 bits per heavy atom. The van der Waals surface area contributed by atoms with E-state index in [-0.39, 0.29) is 6.04 Å². The number of aryl methyl sites for hydroxylation is 1. The fraction of sp³-hybridized carbons (Fsp3) is 0.667. The van der Waals surface area contributed by atoms with Crippen molar-refractivity contribution in [1.82, 2.24) is 4.98 Å². The van der Waals surface area contributed by atoms with Crippen molar-refractivity contribution in [2.45, 2.75) is 45.1 Å². The number of nitrogens with two attached hydrogens (primary N) is 1. The summed E-state index contributed by atoms with van der Waals surface area (Å²) in [5.41, 5.74) is 8.65. The zero-order valence-electron chi connectivity index (χ0n) is 10.6. The minimum absolute atomic E-state index is 0.138. The molecule has 0 spiro atoms.